The highest BCUT2D eigenvalue weighted by molar-refractivity contribution is 5.97. The van der Waals surface area contributed by atoms with Gasteiger partial charge in [0.25, 0.3) is 0 Å². The van der Waals surface area contributed by atoms with Gasteiger partial charge in [0.1, 0.15) is 0 Å². The highest BCUT2D eigenvalue weighted by atomic mass is 16.1. The van der Waals surface area contributed by atoms with Crippen molar-refractivity contribution in [2.45, 2.75) is 39.3 Å². The van der Waals surface area contributed by atoms with Gasteiger partial charge in [0.05, 0.1) is 12.5 Å². The highest BCUT2D eigenvalue weighted by Gasteiger charge is 2.24. The number of benzene rings is 2. The second-order valence-electron chi connectivity index (χ2n) is 8.50. The van der Waals surface area contributed by atoms with Crippen LogP contribution in [-0.2, 0) is 24.3 Å². The first kappa shape index (κ1) is 21.4. The number of piperidine rings is 1. The van der Waals surface area contributed by atoms with Crippen molar-refractivity contribution < 1.29 is 4.79 Å². The van der Waals surface area contributed by atoms with Crippen LogP contribution in [0.15, 0.2) is 53.5 Å². The fraction of sp³-hybridized carbons (Fsp3) is 0.440. The third-order valence-electron chi connectivity index (χ3n) is 6.19. The molecule has 2 heterocycles. The molecule has 1 atom stereocenters. The van der Waals surface area contributed by atoms with Crippen LogP contribution >= 0.6 is 0 Å². The van der Waals surface area contributed by atoms with Gasteiger partial charge >= 0.3 is 0 Å². The first-order valence-corrected chi connectivity index (χ1v) is 11.4. The van der Waals surface area contributed by atoms with Gasteiger partial charge in [-0.2, -0.15) is 0 Å². The van der Waals surface area contributed by atoms with E-state index < -0.39 is 0 Å². The molecular weight excluding hydrogens is 386 g/mol. The van der Waals surface area contributed by atoms with Crippen molar-refractivity contribution in [2.24, 2.45) is 16.6 Å². The van der Waals surface area contributed by atoms with Gasteiger partial charge in [-0.25, -0.2) is 4.99 Å². The Morgan fingerprint density at radius 1 is 1.16 bits per heavy atom. The molecule has 1 amide bonds. The summed E-state index contributed by atoms with van der Waals surface area (Å²) in [5.74, 6) is 0.748. The number of likely N-dealkylation sites (tertiary alicyclic amines) is 1. The van der Waals surface area contributed by atoms with E-state index >= 15 is 0 Å². The molecule has 2 aliphatic heterocycles. The lowest BCUT2D eigenvalue weighted by atomic mass is 9.97. The number of rotatable bonds is 6. The van der Waals surface area contributed by atoms with E-state index in [-0.39, 0.29) is 11.8 Å². The maximum absolute atomic E-state index is 11.6. The standard InChI is InChI=1S/C25H33N5O/c1-2-27-25(30-14-12-21-9-3-4-11-23(21)30)28-16-19-7-5-8-20(15-19)17-29-13-6-10-22(18-29)24(26)31/h3-5,7-9,11,15,22H,2,6,10,12-14,16-18H2,1H3,(H2,26,31)(H,27,28). The second kappa shape index (κ2) is 9.96. The lowest BCUT2D eigenvalue weighted by molar-refractivity contribution is -0.123. The van der Waals surface area contributed by atoms with Crippen LogP contribution in [-0.4, -0.2) is 42.9 Å². The average Bonchev–Trinajstić information content (AvgIpc) is 3.21. The fourth-order valence-electron chi connectivity index (χ4n) is 4.64. The molecule has 2 aromatic carbocycles. The van der Waals surface area contributed by atoms with E-state index in [1.54, 1.807) is 0 Å². The number of carbonyl (C=O) groups is 1. The van der Waals surface area contributed by atoms with Crippen molar-refractivity contribution in [1.82, 2.24) is 10.2 Å². The first-order chi connectivity index (χ1) is 15.1. The van der Waals surface area contributed by atoms with Gasteiger partial charge in [0, 0.05) is 31.9 Å². The molecule has 4 rings (SSSR count). The molecule has 0 radical (unpaired) electrons. The number of para-hydroxylation sites is 1. The molecule has 0 saturated carbocycles. The van der Waals surface area contributed by atoms with Crippen molar-refractivity contribution in [2.75, 3.05) is 31.1 Å². The Labute approximate surface area is 185 Å². The second-order valence-corrected chi connectivity index (χ2v) is 8.50. The summed E-state index contributed by atoms with van der Waals surface area (Å²) in [6.45, 7) is 7.17. The van der Waals surface area contributed by atoms with Crippen LogP contribution < -0.4 is 16.0 Å². The van der Waals surface area contributed by atoms with E-state index in [9.17, 15) is 4.79 Å². The number of hydrogen-bond donors (Lipinski definition) is 2. The van der Waals surface area contributed by atoms with Gasteiger partial charge in [0.15, 0.2) is 5.96 Å². The largest absolute Gasteiger partial charge is 0.369 e. The van der Waals surface area contributed by atoms with Crippen molar-refractivity contribution in [3.8, 4) is 0 Å². The van der Waals surface area contributed by atoms with E-state index in [0.717, 1.165) is 57.9 Å². The van der Waals surface area contributed by atoms with E-state index in [2.05, 4.69) is 70.6 Å². The molecule has 6 heteroatoms. The average molecular weight is 420 g/mol. The number of primary amides is 1. The van der Waals surface area contributed by atoms with Gasteiger partial charge < -0.3 is 16.0 Å². The van der Waals surface area contributed by atoms with Crippen LogP contribution in [0.3, 0.4) is 0 Å². The molecule has 1 unspecified atom stereocenters. The highest BCUT2D eigenvalue weighted by Crippen LogP contribution is 2.27. The number of nitrogens with two attached hydrogens (primary N) is 1. The molecule has 0 spiro atoms. The Balaban J connectivity index is 1.44. The smallest absolute Gasteiger partial charge is 0.221 e. The SMILES string of the molecule is CCNC(=NCc1cccc(CN2CCCC(C(N)=O)C2)c1)N1CCc2ccccc21. The summed E-state index contributed by atoms with van der Waals surface area (Å²) in [6.07, 6.45) is 2.99. The molecule has 1 saturated heterocycles. The van der Waals surface area contributed by atoms with E-state index in [1.807, 2.05) is 0 Å². The van der Waals surface area contributed by atoms with E-state index in [0.29, 0.717) is 6.54 Å². The third-order valence-corrected chi connectivity index (χ3v) is 6.19. The summed E-state index contributed by atoms with van der Waals surface area (Å²) in [6, 6.07) is 17.2. The number of aliphatic imine (C=N–C) groups is 1. The maximum Gasteiger partial charge on any atom is 0.221 e. The van der Waals surface area contributed by atoms with Crippen molar-refractivity contribution in [3.05, 3.63) is 65.2 Å². The topological polar surface area (TPSA) is 74.0 Å². The van der Waals surface area contributed by atoms with Crippen LogP contribution in [0.2, 0.25) is 0 Å². The molecule has 0 aliphatic carbocycles. The van der Waals surface area contributed by atoms with Crippen molar-refractivity contribution in [3.63, 3.8) is 0 Å². The van der Waals surface area contributed by atoms with Crippen LogP contribution in [0.25, 0.3) is 0 Å². The molecule has 2 aliphatic rings. The quantitative estimate of drug-likeness (QED) is 0.558. The predicted molar refractivity (Wildman–Crippen MR) is 126 cm³/mol. The fourth-order valence-corrected chi connectivity index (χ4v) is 4.64. The zero-order valence-electron chi connectivity index (χ0n) is 18.4. The summed E-state index contributed by atoms with van der Waals surface area (Å²) in [7, 11) is 0. The molecule has 31 heavy (non-hydrogen) atoms. The summed E-state index contributed by atoms with van der Waals surface area (Å²) < 4.78 is 0. The summed E-state index contributed by atoms with van der Waals surface area (Å²) in [5, 5.41) is 3.46. The zero-order chi connectivity index (χ0) is 21.6. The van der Waals surface area contributed by atoms with E-state index in [1.165, 1.54) is 22.4 Å². The van der Waals surface area contributed by atoms with Gasteiger partial charge in [-0.15, -0.1) is 0 Å². The van der Waals surface area contributed by atoms with Crippen LogP contribution in [0, 0.1) is 5.92 Å². The molecule has 1 fully saturated rings. The number of nitrogens with one attached hydrogen (secondary N) is 1. The molecule has 2 aromatic rings. The number of amides is 1. The monoisotopic (exact) mass is 419 g/mol. The minimum atomic E-state index is -0.174. The Hall–Kier alpha value is -2.86. The molecule has 3 N–H and O–H groups in total. The summed E-state index contributed by atoms with van der Waals surface area (Å²) >= 11 is 0. The summed E-state index contributed by atoms with van der Waals surface area (Å²) in [5.41, 5.74) is 10.6. The Morgan fingerprint density at radius 3 is 2.84 bits per heavy atom. The third kappa shape index (κ3) is 5.25. The molecule has 0 aromatic heterocycles. The lowest BCUT2D eigenvalue weighted by Crippen LogP contribution is -2.40. The number of nitrogens with zero attached hydrogens (tertiary/aromatic N) is 3. The number of carbonyl (C=O) groups excluding carboxylic acids is 1. The minimum Gasteiger partial charge on any atom is -0.369 e. The molecular formula is C25H33N5O. The van der Waals surface area contributed by atoms with Gasteiger partial charge in [-0.1, -0.05) is 42.5 Å². The summed E-state index contributed by atoms with van der Waals surface area (Å²) in [4.78, 5) is 21.1. The van der Waals surface area contributed by atoms with Crippen LogP contribution in [0.1, 0.15) is 36.5 Å². The van der Waals surface area contributed by atoms with Gasteiger partial charge in [-0.3, -0.25) is 9.69 Å². The first-order valence-electron chi connectivity index (χ1n) is 11.4. The van der Waals surface area contributed by atoms with Crippen LogP contribution in [0.4, 0.5) is 5.69 Å². The molecule has 0 bridgehead atoms. The number of fused-ring (bicyclic) bond motifs is 1. The lowest BCUT2D eigenvalue weighted by Gasteiger charge is -2.31. The zero-order valence-corrected chi connectivity index (χ0v) is 18.4. The normalized spacial score (nSPS) is 19.3. The van der Waals surface area contributed by atoms with Gasteiger partial charge in [0.2, 0.25) is 5.91 Å². The van der Waals surface area contributed by atoms with Crippen molar-refractivity contribution in [1.29, 1.82) is 0 Å². The van der Waals surface area contributed by atoms with E-state index in [4.69, 9.17) is 10.7 Å². The maximum atomic E-state index is 11.6. The Morgan fingerprint density at radius 2 is 2.00 bits per heavy atom. The number of anilines is 1. The van der Waals surface area contributed by atoms with Gasteiger partial charge in [-0.05, 0) is 55.5 Å². The number of hydrogen-bond acceptors (Lipinski definition) is 3. The van der Waals surface area contributed by atoms with Crippen LogP contribution in [0.5, 0.6) is 0 Å². The Bertz CT molecular complexity index is 941. The minimum absolute atomic E-state index is 0.0208. The number of guanidine groups is 1. The molecule has 164 valence electrons. The molecule has 6 nitrogen and oxygen atoms in total. The predicted octanol–water partition coefficient (Wildman–Crippen LogP) is 2.91. The Kier molecular flexibility index (Phi) is 6.87. The van der Waals surface area contributed by atoms with Crippen molar-refractivity contribution >= 4 is 17.6 Å².